The zero-order valence-electron chi connectivity index (χ0n) is 14.3. The highest BCUT2D eigenvalue weighted by molar-refractivity contribution is 6.30. The summed E-state index contributed by atoms with van der Waals surface area (Å²) >= 11 is 6.04. The summed E-state index contributed by atoms with van der Waals surface area (Å²) in [5, 5.41) is 10.4. The van der Waals surface area contributed by atoms with Crippen LogP contribution in [-0.4, -0.2) is 35.6 Å². The average Bonchev–Trinajstić information content (AvgIpc) is 2.60. The smallest absolute Gasteiger partial charge is 0.222 e. The van der Waals surface area contributed by atoms with E-state index in [1.807, 2.05) is 12.1 Å². The Kier molecular flexibility index (Phi) is 5.83. The molecular formula is C20H28ClNO2. The lowest BCUT2D eigenvalue weighted by atomic mass is 9.71. The predicted octanol–water partition coefficient (Wildman–Crippen LogP) is 4.16. The van der Waals surface area contributed by atoms with Crippen molar-refractivity contribution in [2.75, 3.05) is 19.7 Å². The number of amides is 1. The number of carbonyl (C=O) groups excluding carboxylic acids is 1. The molecule has 0 radical (unpaired) electrons. The van der Waals surface area contributed by atoms with Crippen LogP contribution in [0.2, 0.25) is 5.02 Å². The van der Waals surface area contributed by atoms with Crippen LogP contribution >= 0.6 is 11.6 Å². The van der Waals surface area contributed by atoms with Gasteiger partial charge in [0.15, 0.2) is 0 Å². The first kappa shape index (κ1) is 17.8. The molecule has 1 saturated carbocycles. The van der Waals surface area contributed by atoms with E-state index in [1.54, 1.807) is 0 Å². The molecule has 4 heteroatoms. The van der Waals surface area contributed by atoms with Crippen molar-refractivity contribution in [3.8, 4) is 0 Å². The van der Waals surface area contributed by atoms with Crippen LogP contribution in [0.15, 0.2) is 24.3 Å². The molecule has 0 spiro atoms. The van der Waals surface area contributed by atoms with E-state index in [2.05, 4.69) is 17.0 Å². The second-order valence-corrected chi connectivity index (χ2v) is 7.98. The summed E-state index contributed by atoms with van der Waals surface area (Å²) in [5.41, 5.74) is 1.06. The first-order valence-corrected chi connectivity index (χ1v) is 9.65. The van der Waals surface area contributed by atoms with Gasteiger partial charge in [-0.05, 0) is 49.3 Å². The predicted molar refractivity (Wildman–Crippen MR) is 97.2 cm³/mol. The first-order chi connectivity index (χ1) is 11.6. The van der Waals surface area contributed by atoms with Gasteiger partial charge >= 0.3 is 0 Å². The summed E-state index contributed by atoms with van der Waals surface area (Å²) in [6.07, 6.45) is 8.52. The Hall–Kier alpha value is -1.06. The van der Waals surface area contributed by atoms with E-state index < -0.39 is 0 Å². The van der Waals surface area contributed by atoms with Crippen LogP contribution in [0.4, 0.5) is 0 Å². The maximum absolute atomic E-state index is 12.5. The molecule has 1 aliphatic heterocycles. The van der Waals surface area contributed by atoms with Crippen LogP contribution in [-0.2, 0) is 10.2 Å². The van der Waals surface area contributed by atoms with Crippen LogP contribution in [0.5, 0.6) is 0 Å². The van der Waals surface area contributed by atoms with Crippen LogP contribution in [0.1, 0.15) is 56.9 Å². The van der Waals surface area contributed by atoms with E-state index >= 15 is 0 Å². The molecule has 0 aromatic heterocycles. The van der Waals surface area contributed by atoms with Crippen LogP contribution in [0.3, 0.4) is 0 Å². The normalized spacial score (nSPS) is 25.9. The van der Waals surface area contributed by atoms with Crippen LogP contribution in [0.25, 0.3) is 0 Å². The Balaban J connectivity index is 1.78. The van der Waals surface area contributed by atoms with Gasteiger partial charge in [-0.1, -0.05) is 43.0 Å². The molecule has 24 heavy (non-hydrogen) atoms. The van der Waals surface area contributed by atoms with Crippen molar-refractivity contribution < 1.29 is 9.90 Å². The summed E-state index contributed by atoms with van der Waals surface area (Å²) in [7, 11) is 0. The van der Waals surface area contributed by atoms with Gasteiger partial charge in [0.25, 0.3) is 0 Å². The van der Waals surface area contributed by atoms with Gasteiger partial charge in [0.1, 0.15) is 0 Å². The molecule has 1 aromatic carbocycles. The third-order valence-electron chi connectivity index (χ3n) is 5.91. The molecule has 132 valence electrons. The SMILES string of the molecule is O=C1CCC(CCO)(c2ccc(Cl)cc2)CN1CC1CCCCC1. The van der Waals surface area contributed by atoms with Gasteiger partial charge in [-0.25, -0.2) is 0 Å². The maximum atomic E-state index is 12.5. The van der Waals surface area contributed by atoms with Gasteiger partial charge in [-0.2, -0.15) is 0 Å². The molecule has 1 amide bonds. The van der Waals surface area contributed by atoms with E-state index in [9.17, 15) is 9.90 Å². The molecule has 3 rings (SSSR count). The fourth-order valence-electron chi connectivity index (χ4n) is 4.49. The van der Waals surface area contributed by atoms with E-state index in [-0.39, 0.29) is 17.9 Å². The second kappa shape index (κ2) is 7.88. The Bertz CT molecular complexity index is 553. The molecule has 3 nitrogen and oxygen atoms in total. The monoisotopic (exact) mass is 349 g/mol. The van der Waals surface area contributed by atoms with Crippen molar-refractivity contribution in [3.63, 3.8) is 0 Å². The number of halogens is 1. The van der Waals surface area contributed by atoms with Crippen molar-refractivity contribution in [2.24, 2.45) is 5.92 Å². The zero-order chi connectivity index (χ0) is 17.0. The number of nitrogens with zero attached hydrogens (tertiary/aromatic N) is 1. The van der Waals surface area contributed by atoms with Gasteiger partial charge in [-0.3, -0.25) is 4.79 Å². The highest BCUT2D eigenvalue weighted by Gasteiger charge is 2.40. The molecule has 1 heterocycles. The van der Waals surface area contributed by atoms with E-state index in [0.717, 1.165) is 24.5 Å². The third kappa shape index (κ3) is 3.94. The lowest BCUT2D eigenvalue weighted by molar-refractivity contribution is -0.136. The number of aliphatic hydroxyl groups excluding tert-OH is 1. The standard InChI is InChI=1S/C20H28ClNO2/c21-18-8-6-17(7-9-18)20(12-13-23)11-10-19(24)22(15-20)14-16-4-2-1-3-5-16/h6-9,16,23H,1-5,10-15H2. The highest BCUT2D eigenvalue weighted by atomic mass is 35.5. The van der Waals surface area contributed by atoms with E-state index in [1.165, 1.54) is 37.7 Å². The molecule has 1 atom stereocenters. The Morgan fingerprint density at radius 3 is 2.54 bits per heavy atom. The minimum absolute atomic E-state index is 0.137. The number of carbonyl (C=O) groups is 1. The number of piperidine rings is 1. The second-order valence-electron chi connectivity index (χ2n) is 7.54. The van der Waals surface area contributed by atoms with Crippen molar-refractivity contribution in [2.45, 2.75) is 56.8 Å². The fourth-order valence-corrected chi connectivity index (χ4v) is 4.61. The van der Waals surface area contributed by atoms with E-state index in [4.69, 9.17) is 11.6 Å². The number of rotatable bonds is 5. The number of hydrogen-bond donors (Lipinski definition) is 1. The fraction of sp³-hybridized carbons (Fsp3) is 0.650. The molecule has 2 aliphatic rings. The lowest BCUT2D eigenvalue weighted by Gasteiger charge is -2.44. The zero-order valence-corrected chi connectivity index (χ0v) is 15.1. The van der Waals surface area contributed by atoms with Crippen molar-refractivity contribution >= 4 is 17.5 Å². The Labute approximate surface area is 150 Å². The summed E-state index contributed by atoms with van der Waals surface area (Å²) < 4.78 is 0. The minimum atomic E-state index is -0.137. The first-order valence-electron chi connectivity index (χ1n) is 9.28. The molecular weight excluding hydrogens is 322 g/mol. The largest absolute Gasteiger partial charge is 0.396 e. The van der Waals surface area contributed by atoms with Crippen molar-refractivity contribution in [1.29, 1.82) is 0 Å². The van der Waals surface area contributed by atoms with Crippen molar-refractivity contribution in [3.05, 3.63) is 34.9 Å². The molecule has 1 N–H and O–H groups in total. The molecule has 1 aromatic rings. The molecule has 0 bridgehead atoms. The van der Waals surface area contributed by atoms with Crippen LogP contribution < -0.4 is 0 Å². The summed E-state index contributed by atoms with van der Waals surface area (Å²) in [6.45, 7) is 1.76. The molecule has 1 unspecified atom stereocenters. The number of hydrogen-bond acceptors (Lipinski definition) is 2. The lowest BCUT2D eigenvalue weighted by Crippen LogP contribution is -2.50. The minimum Gasteiger partial charge on any atom is -0.396 e. The number of benzene rings is 1. The molecule has 1 aliphatic carbocycles. The quantitative estimate of drug-likeness (QED) is 0.867. The van der Waals surface area contributed by atoms with Crippen molar-refractivity contribution in [1.82, 2.24) is 4.90 Å². The van der Waals surface area contributed by atoms with Crippen LogP contribution in [0, 0.1) is 5.92 Å². The molecule has 2 fully saturated rings. The number of aliphatic hydroxyl groups is 1. The number of likely N-dealkylation sites (tertiary alicyclic amines) is 1. The van der Waals surface area contributed by atoms with Gasteiger partial charge in [0.05, 0.1) is 0 Å². The summed E-state index contributed by atoms with van der Waals surface area (Å²) in [5.74, 6) is 0.931. The van der Waals surface area contributed by atoms with Gasteiger partial charge in [0, 0.05) is 36.6 Å². The van der Waals surface area contributed by atoms with Gasteiger partial charge in [-0.15, -0.1) is 0 Å². The summed E-state index contributed by atoms with van der Waals surface area (Å²) in [6, 6.07) is 7.95. The van der Waals surface area contributed by atoms with Gasteiger partial charge in [0.2, 0.25) is 5.91 Å². The Morgan fingerprint density at radius 1 is 1.17 bits per heavy atom. The topological polar surface area (TPSA) is 40.5 Å². The summed E-state index contributed by atoms with van der Waals surface area (Å²) in [4.78, 5) is 14.6. The maximum Gasteiger partial charge on any atom is 0.222 e. The Morgan fingerprint density at radius 2 is 1.88 bits per heavy atom. The third-order valence-corrected chi connectivity index (χ3v) is 6.17. The van der Waals surface area contributed by atoms with E-state index in [0.29, 0.717) is 18.8 Å². The van der Waals surface area contributed by atoms with Gasteiger partial charge < -0.3 is 10.0 Å². The highest BCUT2D eigenvalue weighted by Crippen LogP contribution is 2.39. The average molecular weight is 350 g/mol. The molecule has 1 saturated heterocycles.